The van der Waals surface area contributed by atoms with Crippen LogP contribution in [-0.4, -0.2) is 228 Å². The van der Waals surface area contributed by atoms with Crippen LogP contribution in [0.5, 0.6) is 103 Å². The van der Waals surface area contributed by atoms with Crippen LogP contribution in [0.25, 0.3) is 0 Å². The largest absolute Gasteiger partial charge is 0.504 e. The molecule has 8 rings (SSSR count). The van der Waals surface area contributed by atoms with Gasteiger partial charge < -0.3 is 150 Å². The first-order valence-electron chi connectivity index (χ1n) is 25.6. The third kappa shape index (κ3) is 13.0. The van der Waals surface area contributed by atoms with Gasteiger partial charge in [0.05, 0.1) is 39.9 Å². The molecule has 6 aromatic rings. The molecule has 2 aliphatic rings. The Morgan fingerprint density at radius 3 is 0.902 bits per heavy atom. The molecule has 0 amide bonds. The number of ether oxygens (including phenoxy) is 8. The number of aliphatic hydroxyl groups is 4. The fourth-order valence-corrected chi connectivity index (χ4v) is 8.95. The summed E-state index contributed by atoms with van der Waals surface area (Å²) in [7, 11) is 0. The Balaban J connectivity index is 1.32. The average molecular weight is 1300 g/mol. The molecule has 10 atom stereocenters. The van der Waals surface area contributed by atoms with E-state index in [1.54, 1.807) is 0 Å². The summed E-state index contributed by atoms with van der Waals surface area (Å²) in [5.74, 6) is -39.9. The van der Waals surface area contributed by atoms with Crippen molar-refractivity contribution in [3.63, 3.8) is 0 Å². The van der Waals surface area contributed by atoms with Crippen molar-refractivity contribution in [1.29, 1.82) is 0 Å². The van der Waals surface area contributed by atoms with Crippen LogP contribution in [-0.2, 0) is 37.9 Å². The predicted molar refractivity (Wildman–Crippen MR) is 286 cm³/mol. The molecule has 0 aliphatic carbocycles. The van der Waals surface area contributed by atoms with Crippen LogP contribution in [0.3, 0.4) is 0 Å². The van der Waals surface area contributed by atoms with Gasteiger partial charge in [-0.15, -0.1) is 0 Å². The second-order valence-electron chi connectivity index (χ2n) is 19.9. The van der Waals surface area contributed by atoms with Crippen molar-refractivity contribution in [2.24, 2.45) is 0 Å². The Morgan fingerprint density at radius 1 is 0.348 bits per heavy atom. The van der Waals surface area contributed by atoms with Gasteiger partial charge in [0.15, 0.2) is 128 Å². The van der Waals surface area contributed by atoms with E-state index in [1.807, 2.05) is 0 Å². The zero-order chi connectivity index (χ0) is 67.9. The first-order chi connectivity index (χ1) is 43.1. The van der Waals surface area contributed by atoms with Gasteiger partial charge >= 0.3 is 41.7 Å². The highest BCUT2D eigenvalue weighted by Gasteiger charge is 2.64. The molecular formula is C55H49NO36. The molecule has 2 saturated heterocycles. The van der Waals surface area contributed by atoms with Crippen molar-refractivity contribution >= 4 is 35.8 Å². The number of rotatable bonds is 17. The minimum Gasteiger partial charge on any atom is -0.504 e. The van der Waals surface area contributed by atoms with Crippen molar-refractivity contribution in [3.05, 3.63) is 106 Å². The van der Waals surface area contributed by atoms with Crippen LogP contribution in [0.1, 0.15) is 62.1 Å². The quantitative estimate of drug-likeness (QED) is 0.0219. The van der Waals surface area contributed by atoms with Gasteiger partial charge in [0.2, 0.25) is 0 Å². The Kier molecular flexibility index (Phi) is 18.3. The zero-order valence-corrected chi connectivity index (χ0v) is 45.7. The van der Waals surface area contributed by atoms with Crippen LogP contribution >= 0.6 is 0 Å². The number of nitrogens with one attached hydrogen (secondary N) is 1. The van der Waals surface area contributed by atoms with Crippen molar-refractivity contribution in [2.45, 2.75) is 60.5 Å². The lowest BCUT2D eigenvalue weighted by atomic mass is 9.91. The van der Waals surface area contributed by atoms with Crippen LogP contribution in [0.2, 0.25) is 0 Å². The Labute approximate surface area is 509 Å². The van der Waals surface area contributed by atoms with E-state index in [1.165, 1.54) is 0 Å². The van der Waals surface area contributed by atoms with Gasteiger partial charge in [0.25, 0.3) is 5.79 Å². The lowest BCUT2D eigenvalue weighted by molar-refractivity contribution is -0.375. The summed E-state index contributed by atoms with van der Waals surface area (Å²) in [5, 5.41) is 235. The van der Waals surface area contributed by atoms with E-state index in [0.717, 1.165) is 0 Å². The molecule has 37 heteroatoms. The molecule has 0 saturated carbocycles. The van der Waals surface area contributed by atoms with Gasteiger partial charge in [-0.05, 0) is 72.8 Å². The maximum absolute atomic E-state index is 14.5. The van der Waals surface area contributed by atoms with Gasteiger partial charge in [-0.25, -0.2) is 34.1 Å². The van der Waals surface area contributed by atoms with Crippen molar-refractivity contribution in [1.82, 2.24) is 5.32 Å². The molecule has 37 nitrogen and oxygen atoms in total. The molecule has 23 N–H and O–H groups in total. The Morgan fingerprint density at radius 2 is 0.598 bits per heavy atom. The highest BCUT2D eigenvalue weighted by atomic mass is 16.8. The molecule has 6 aromatic carbocycles. The van der Waals surface area contributed by atoms with Crippen LogP contribution in [0.4, 0.5) is 0 Å². The van der Waals surface area contributed by atoms with Crippen molar-refractivity contribution in [2.75, 3.05) is 19.8 Å². The molecule has 0 aromatic heterocycles. The van der Waals surface area contributed by atoms with Gasteiger partial charge in [-0.2, -0.15) is 0 Å². The number of aliphatic hydroxyl groups excluding tert-OH is 4. The first-order valence-corrected chi connectivity index (χ1v) is 25.6. The third-order valence-electron chi connectivity index (χ3n) is 13.7. The van der Waals surface area contributed by atoms with E-state index in [2.05, 4.69) is 5.32 Å². The number of phenolic OH excluding ortho intramolecular Hbond substituents is 18. The summed E-state index contributed by atoms with van der Waals surface area (Å²) in [5.41, 5.74) is -5.50. The van der Waals surface area contributed by atoms with Gasteiger partial charge in [0.1, 0.15) is 37.6 Å². The number of phenols is 18. The Bertz CT molecular complexity index is 3560. The maximum atomic E-state index is 14.5. The van der Waals surface area contributed by atoms with Gasteiger partial charge in [0, 0.05) is 0 Å². The van der Waals surface area contributed by atoms with Gasteiger partial charge in [-0.3, -0.25) is 0 Å². The number of hydrogen-bond donors (Lipinski definition) is 23. The van der Waals surface area contributed by atoms with E-state index in [0.29, 0.717) is 72.8 Å². The number of esters is 6. The molecule has 490 valence electrons. The summed E-state index contributed by atoms with van der Waals surface area (Å²) in [6.07, 6.45) is -22.3. The number of carbonyl (C=O) groups excluding carboxylic acids is 6. The van der Waals surface area contributed by atoms with Crippen LogP contribution in [0, 0.1) is 0 Å². The summed E-state index contributed by atoms with van der Waals surface area (Å²) in [6, 6.07) is 5.55. The molecule has 2 heterocycles. The number of carbonyl (C=O) groups is 6. The lowest BCUT2D eigenvalue weighted by Gasteiger charge is -2.51. The summed E-state index contributed by atoms with van der Waals surface area (Å²) in [6.45, 7) is -4.82. The molecule has 2 fully saturated rings. The molecule has 2 aliphatic heterocycles. The molecule has 0 unspecified atom stereocenters. The second-order valence-corrected chi connectivity index (χ2v) is 19.9. The first kappa shape index (κ1) is 66.2. The predicted octanol–water partition coefficient (Wildman–Crippen LogP) is -1.25. The average Bonchev–Trinajstić information content (AvgIpc) is 0.744. The molecule has 0 spiro atoms. The normalized spacial score (nSPS) is 22.7. The van der Waals surface area contributed by atoms with Crippen molar-refractivity contribution in [3.8, 4) is 103 Å². The molecular weight excluding hydrogens is 1250 g/mol. The smallest absolute Gasteiger partial charge is 0.342 e. The topological polar surface area (TPSA) is 633 Å². The van der Waals surface area contributed by atoms with E-state index in [9.17, 15) is 141 Å². The Hall–Kier alpha value is -11.7. The standard InChI is InChI=1S/C55H49NO36/c57-22-1-16(2-23(58)36(22)69)48(79)85-13-34-42(75)44(87-50(81)18-5-26(61)38(71)27(62)6-18)46(77)54(89-34,91-52(83)20-9-30(65)40(73)31(66)10-20)15-56-55(92-53(84)21-11-32(67)41(74)33(68)12-21)47(78)45(88-51(82)19-7-28(63)39(72)29(64)8-19)43(76)35(90-55)14-86-49(80)17-3-24(59)37(70)25(60)4-17/h1-12,34-35,42-47,56-78H,13-15H2/t34-,35-,42-,43-,44+,45+,46-,47-,54+,55+/m1/s1. The van der Waals surface area contributed by atoms with Gasteiger partial charge in [-0.1, -0.05) is 0 Å². The fraction of sp³-hybridized carbons (Fsp3) is 0.236. The molecule has 0 radical (unpaired) electrons. The van der Waals surface area contributed by atoms with Crippen LogP contribution in [0.15, 0.2) is 72.8 Å². The van der Waals surface area contributed by atoms with Crippen molar-refractivity contribution < 1.29 is 179 Å². The molecule has 0 bridgehead atoms. The summed E-state index contributed by atoms with van der Waals surface area (Å²) >= 11 is 0. The lowest BCUT2D eigenvalue weighted by Crippen LogP contribution is -2.76. The second kappa shape index (κ2) is 25.4. The zero-order valence-electron chi connectivity index (χ0n) is 45.7. The molecule has 92 heavy (non-hydrogen) atoms. The number of benzene rings is 6. The summed E-state index contributed by atoms with van der Waals surface area (Å²) in [4.78, 5) is 83.9. The maximum Gasteiger partial charge on any atom is 0.342 e. The van der Waals surface area contributed by atoms with Crippen LogP contribution < -0.4 is 5.32 Å². The van der Waals surface area contributed by atoms with E-state index in [-0.39, 0.29) is 0 Å². The minimum atomic E-state index is -3.89. The highest BCUT2D eigenvalue weighted by Crippen LogP contribution is 2.44. The van der Waals surface area contributed by atoms with E-state index in [4.69, 9.17) is 37.9 Å². The minimum absolute atomic E-state index is 0.388. The summed E-state index contributed by atoms with van der Waals surface area (Å²) < 4.78 is 44.5. The van der Waals surface area contributed by atoms with E-state index < -0.39 is 253 Å². The fourth-order valence-electron chi connectivity index (χ4n) is 8.95. The SMILES string of the molecule is O=C(OC[C@H]1O[C@@](CN[C@]2(OC(=O)c3cc(O)c(O)c(O)c3)O[C@H](COC(=O)c3cc(O)c(O)c(O)c3)[C@@H](O)[C@H](OC(=O)c3cc(O)c(O)c(O)c3)[C@H]2O)(OC(=O)c2cc(O)c(O)c(O)c2)[C@H](O)[C@@H](OC(=O)c2cc(O)c(O)c(O)c2)[C@@H]1O)c1cc(O)c(O)c(O)c1. The highest BCUT2D eigenvalue weighted by molar-refractivity contribution is 5.94. The number of hydrogen-bond acceptors (Lipinski definition) is 37. The van der Waals surface area contributed by atoms with E-state index >= 15 is 0 Å². The monoisotopic (exact) mass is 1300 g/mol. The number of aromatic hydroxyl groups is 18. The third-order valence-corrected chi connectivity index (χ3v) is 13.7.